The van der Waals surface area contributed by atoms with E-state index in [-0.39, 0.29) is 11.1 Å². The molecule has 1 aliphatic rings. The van der Waals surface area contributed by atoms with Crippen LogP contribution in [0.5, 0.6) is 0 Å². The number of anilines is 1. The van der Waals surface area contributed by atoms with Gasteiger partial charge in [-0.05, 0) is 81.0 Å². The maximum Gasteiger partial charge on any atom is 0.274 e. The summed E-state index contributed by atoms with van der Waals surface area (Å²) in [6.45, 7) is 12.0. The molecule has 1 amide bonds. The van der Waals surface area contributed by atoms with Crippen molar-refractivity contribution < 1.29 is 9.18 Å². The normalized spacial score (nSPS) is 18.2. The third kappa shape index (κ3) is 3.79. The third-order valence-corrected chi connectivity index (χ3v) is 5.58. The monoisotopic (exact) mass is 381 g/mol. The maximum absolute atomic E-state index is 13.7. The number of hydrazone groups is 1. The molecule has 0 aromatic heterocycles. The Labute approximate surface area is 166 Å². The Morgan fingerprint density at radius 1 is 1.36 bits per heavy atom. The largest absolute Gasteiger partial charge is 0.366 e. The Bertz CT molecular complexity index is 920. The summed E-state index contributed by atoms with van der Waals surface area (Å²) >= 11 is 0. The highest BCUT2D eigenvalue weighted by Crippen LogP contribution is 2.43. The van der Waals surface area contributed by atoms with E-state index in [1.54, 1.807) is 18.3 Å². The molecule has 1 aliphatic heterocycles. The van der Waals surface area contributed by atoms with E-state index in [1.165, 1.54) is 23.4 Å². The number of hydrogen-bond donors (Lipinski definition) is 1. The van der Waals surface area contributed by atoms with Gasteiger partial charge in [-0.1, -0.05) is 19.1 Å². The second kappa shape index (κ2) is 7.74. The Morgan fingerprint density at radius 2 is 2.07 bits per heavy atom. The van der Waals surface area contributed by atoms with Gasteiger partial charge in [0.25, 0.3) is 5.91 Å². The van der Waals surface area contributed by atoms with E-state index in [4.69, 9.17) is 0 Å². The Hall–Kier alpha value is -2.69. The molecule has 3 rings (SSSR count). The van der Waals surface area contributed by atoms with E-state index in [0.29, 0.717) is 5.92 Å². The molecule has 1 atom stereocenters. The zero-order valence-corrected chi connectivity index (χ0v) is 17.2. The molecule has 148 valence electrons. The lowest BCUT2D eigenvalue weighted by Gasteiger charge is -2.47. The number of benzene rings is 2. The molecule has 0 fully saturated rings. The van der Waals surface area contributed by atoms with Crippen molar-refractivity contribution in [1.29, 1.82) is 0 Å². The van der Waals surface area contributed by atoms with Gasteiger partial charge in [0.05, 0.1) is 11.8 Å². The van der Waals surface area contributed by atoms with Crippen molar-refractivity contribution >= 4 is 17.8 Å². The van der Waals surface area contributed by atoms with Crippen molar-refractivity contribution in [2.45, 2.75) is 52.5 Å². The summed E-state index contributed by atoms with van der Waals surface area (Å²) in [6.07, 6.45) is 2.72. The van der Waals surface area contributed by atoms with Crippen LogP contribution in [0.15, 0.2) is 41.5 Å². The van der Waals surface area contributed by atoms with Gasteiger partial charge in [-0.3, -0.25) is 4.79 Å². The van der Waals surface area contributed by atoms with Crippen molar-refractivity contribution in [2.24, 2.45) is 5.10 Å². The van der Waals surface area contributed by atoms with Gasteiger partial charge in [0, 0.05) is 17.8 Å². The number of aryl methyl sites for hydroxylation is 1. The lowest BCUT2D eigenvalue weighted by Crippen LogP contribution is -2.48. The van der Waals surface area contributed by atoms with Crippen LogP contribution in [-0.2, 0) is 0 Å². The topological polar surface area (TPSA) is 44.7 Å². The Morgan fingerprint density at radius 3 is 2.75 bits per heavy atom. The van der Waals surface area contributed by atoms with E-state index >= 15 is 0 Å². The van der Waals surface area contributed by atoms with Gasteiger partial charge < -0.3 is 4.90 Å². The standard InChI is InChI=1S/C23H28FN3O/c1-6-27-21-11-15(2)17(12-19(21)16(3)13-23(27,4)5)14-25-26-22(28)18-9-7-8-10-20(18)24/h7-12,14,16H,6,13H2,1-5H3,(H,26,28)/b25-14+. The molecule has 1 unspecified atom stereocenters. The fraction of sp³-hybridized carbons (Fsp3) is 0.391. The van der Waals surface area contributed by atoms with Crippen LogP contribution in [0.1, 0.15) is 67.1 Å². The lowest BCUT2D eigenvalue weighted by atomic mass is 9.79. The number of nitrogens with one attached hydrogen (secondary N) is 1. The second-order valence-electron chi connectivity index (χ2n) is 8.11. The fourth-order valence-corrected chi connectivity index (χ4v) is 4.25. The highest BCUT2D eigenvalue weighted by Gasteiger charge is 2.35. The molecule has 2 aromatic carbocycles. The molecule has 1 N–H and O–H groups in total. The van der Waals surface area contributed by atoms with E-state index in [1.807, 2.05) is 6.92 Å². The van der Waals surface area contributed by atoms with Gasteiger partial charge in [0.2, 0.25) is 0 Å². The van der Waals surface area contributed by atoms with Crippen molar-refractivity contribution in [2.75, 3.05) is 11.4 Å². The smallest absolute Gasteiger partial charge is 0.274 e. The number of amides is 1. The van der Waals surface area contributed by atoms with Gasteiger partial charge >= 0.3 is 0 Å². The van der Waals surface area contributed by atoms with Crippen LogP contribution in [0.3, 0.4) is 0 Å². The van der Waals surface area contributed by atoms with Gasteiger partial charge in [0.1, 0.15) is 5.82 Å². The molecule has 0 saturated carbocycles. The van der Waals surface area contributed by atoms with Crippen molar-refractivity contribution in [1.82, 2.24) is 5.43 Å². The zero-order valence-electron chi connectivity index (χ0n) is 17.2. The minimum absolute atomic E-state index is 0.0174. The molecular weight excluding hydrogens is 353 g/mol. The summed E-state index contributed by atoms with van der Waals surface area (Å²) < 4.78 is 13.7. The maximum atomic E-state index is 13.7. The van der Waals surface area contributed by atoms with Crippen LogP contribution in [0.2, 0.25) is 0 Å². The van der Waals surface area contributed by atoms with Crippen molar-refractivity contribution in [3.8, 4) is 0 Å². The molecule has 5 heteroatoms. The Balaban J connectivity index is 1.84. The minimum Gasteiger partial charge on any atom is -0.366 e. The van der Waals surface area contributed by atoms with E-state index < -0.39 is 11.7 Å². The third-order valence-electron chi connectivity index (χ3n) is 5.58. The van der Waals surface area contributed by atoms with Gasteiger partial charge in [-0.25, -0.2) is 9.82 Å². The summed E-state index contributed by atoms with van der Waals surface area (Å²) in [4.78, 5) is 14.6. The number of carbonyl (C=O) groups is 1. The predicted molar refractivity (Wildman–Crippen MR) is 113 cm³/mol. The van der Waals surface area contributed by atoms with E-state index in [9.17, 15) is 9.18 Å². The molecule has 0 bridgehead atoms. The lowest BCUT2D eigenvalue weighted by molar-refractivity contribution is 0.0951. The summed E-state index contributed by atoms with van der Waals surface area (Å²) in [6, 6.07) is 10.2. The summed E-state index contributed by atoms with van der Waals surface area (Å²) in [5.74, 6) is -0.679. The number of rotatable bonds is 4. The minimum atomic E-state index is -0.559. The quantitative estimate of drug-likeness (QED) is 0.598. The van der Waals surface area contributed by atoms with E-state index in [2.05, 4.69) is 55.3 Å². The molecule has 4 nitrogen and oxygen atoms in total. The number of nitrogens with zero attached hydrogens (tertiary/aromatic N) is 2. The molecule has 0 radical (unpaired) electrons. The number of hydrogen-bond acceptors (Lipinski definition) is 3. The van der Waals surface area contributed by atoms with E-state index in [0.717, 1.165) is 24.1 Å². The average Bonchev–Trinajstić information content (AvgIpc) is 2.62. The number of carbonyl (C=O) groups excluding carboxylic acids is 1. The van der Waals surface area contributed by atoms with Crippen LogP contribution < -0.4 is 10.3 Å². The van der Waals surface area contributed by atoms with Crippen LogP contribution in [0.25, 0.3) is 0 Å². The SMILES string of the molecule is CCN1c2cc(C)c(/C=N/NC(=O)c3ccccc3F)cc2C(C)CC1(C)C. The number of fused-ring (bicyclic) bond motifs is 1. The van der Waals surface area contributed by atoms with Crippen LogP contribution in [0.4, 0.5) is 10.1 Å². The molecule has 0 saturated heterocycles. The highest BCUT2D eigenvalue weighted by molar-refractivity contribution is 5.95. The second-order valence-corrected chi connectivity index (χ2v) is 8.11. The van der Waals surface area contributed by atoms with Crippen molar-refractivity contribution in [3.05, 3.63) is 64.5 Å². The van der Waals surface area contributed by atoms with Crippen LogP contribution in [0, 0.1) is 12.7 Å². The highest BCUT2D eigenvalue weighted by atomic mass is 19.1. The summed E-state index contributed by atoms with van der Waals surface area (Å²) in [5, 5.41) is 4.06. The molecule has 0 aliphatic carbocycles. The first-order valence-electron chi connectivity index (χ1n) is 9.74. The fourth-order valence-electron chi connectivity index (χ4n) is 4.25. The Kier molecular flexibility index (Phi) is 5.54. The summed E-state index contributed by atoms with van der Waals surface area (Å²) in [7, 11) is 0. The first-order valence-corrected chi connectivity index (χ1v) is 9.74. The number of halogens is 1. The molecule has 0 spiro atoms. The first kappa shape index (κ1) is 20.1. The zero-order chi connectivity index (χ0) is 20.5. The van der Waals surface area contributed by atoms with Gasteiger partial charge in [-0.2, -0.15) is 5.10 Å². The van der Waals surface area contributed by atoms with Gasteiger partial charge in [0.15, 0.2) is 0 Å². The predicted octanol–water partition coefficient (Wildman–Crippen LogP) is 5.01. The first-order chi connectivity index (χ1) is 13.2. The molecule has 1 heterocycles. The van der Waals surface area contributed by atoms with Crippen LogP contribution >= 0.6 is 0 Å². The molecule has 2 aromatic rings. The molecule has 28 heavy (non-hydrogen) atoms. The van der Waals surface area contributed by atoms with Crippen LogP contribution in [-0.4, -0.2) is 24.2 Å². The summed E-state index contributed by atoms with van der Waals surface area (Å²) in [5.41, 5.74) is 7.14. The molecular formula is C23H28FN3O. The van der Waals surface area contributed by atoms with Gasteiger partial charge in [-0.15, -0.1) is 0 Å². The average molecular weight is 381 g/mol. The van der Waals surface area contributed by atoms with Crippen molar-refractivity contribution in [3.63, 3.8) is 0 Å².